The Morgan fingerprint density at radius 2 is 1.62 bits per heavy atom. The van der Waals surface area contributed by atoms with Crippen LogP contribution < -0.4 is 5.73 Å². The summed E-state index contributed by atoms with van der Waals surface area (Å²) in [5.74, 6) is -1.43. The number of rotatable bonds is 7. The highest BCUT2D eigenvalue weighted by Gasteiger charge is 2.34. The number of carbonyl (C=O) groups excluding carboxylic acids is 2. The highest BCUT2D eigenvalue weighted by atomic mass is 16.6. The predicted octanol–water partition coefficient (Wildman–Crippen LogP) is 1.48. The first-order valence-corrected chi connectivity index (χ1v) is 4.87. The van der Waals surface area contributed by atoms with Gasteiger partial charge in [-0.1, -0.05) is 18.2 Å². The van der Waals surface area contributed by atoms with Gasteiger partial charge in [0, 0.05) is 0 Å². The lowest BCUT2D eigenvalue weighted by atomic mass is 9.92. The van der Waals surface area contributed by atoms with Crippen LogP contribution in [0.5, 0.6) is 0 Å². The monoisotopic (exact) mass is 223 g/mol. The van der Waals surface area contributed by atoms with Crippen LogP contribution in [0, 0.1) is 0 Å². The van der Waals surface area contributed by atoms with Crippen molar-refractivity contribution in [2.24, 2.45) is 5.73 Å². The number of hydrogen-bond acceptors (Lipinski definition) is 4. The molecule has 16 heavy (non-hydrogen) atoms. The fraction of sp³-hybridized carbons (Fsp3) is 0.333. The molecule has 0 aliphatic carbocycles. The van der Waals surface area contributed by atoms with Crippen LogP contribution in [-0.2, 0) is 14.3 Å². The van der Waals surface area contributed by atoms with E-state index in [1.165, 1.54) is 18.2 Å². The van der Waals surface area contributed by atoms with Gasteiger partial charge in [0.05, 0.1) is 6.42 Å². The normalized spacial score (nSPS) is 10.3. The molecule has 4 heteroatoms. The highest BCUT2D eigenvalue weighted by Crippen LogP contribution is 2.16. The fourth-order valence-corrected chi connectivity index (χ4v) is 1.13. The van der Waals surface area contributed by atoms with E-state index in [2.05, 4.69) is 24.5 Å². The molecule has 0 saturated heterocycles. The molecule has 0 radical (unpaired) electrons. The summed E-state index contributed by atoms with van der Waals surface area (Å²) in [7, 11) is 0. The van der Waals surface area contributed by atoms with Crippen molar-refractivity contribution in [3.63, 3.8) is 0 Å². The third-order valence-corrected chi connectivity index (χ3v) is 1.94. The molecular formula is C12H17NO3. The lowest BCUT2D eigenvalue weighted by molar-refractivity contribution is -0.163. The van der Waals surface area contributed by atoms with Gasteiger partial charge in [-0.25, -0.2) is 4.79 Å². The molecule has 0 aromatic heterocycles. The first-order chi connectivity index (χ1) is 7.50. The van der Waals surface area contributed by atoms with Crippen LogP contribution in [0.1, 0.15) is 19.3 Å². The van der Waals surface area contributed by atoms with E-state index in [4.69, 9.17) is 5.73 Å². The minimum absolute atomic E-state index is 0.0238. The van der Waals surface area contributed by atoms with E-state index in [9.17, 15) is 9.59 Å². The van der Waals surface area contributed by atoms with Crippen molar-refractivity contribution in [3.8, 4) is 0 Å². The van der Waals surface area contributed by atoms with Crippen LogP contribution in [0.25, 0.3) is 0 Å². The van der Waals surface area contributed by atoms with Crippen LogP contribution >= 0.6 is 0 Å². The van der Waals surface area contributed by atoms with Crippen LogP contribution in [0.15, 0.2) is 38.0 Å². The molecule has 0 aliphatic rings. The van der Waals surface area contributed by atoms with Crippen LogP contribution in [-0.4, -0.2) is 17.5 Å². The molecule has 2 N–H and O–H groups in total. The summed E-state index contributed by atoms with van der Waals surface area (Å²) in [5, 5.41) is 0. The molecule has 0 rings (SSSR count). The second-order valence-corrected chi connectivity index (χ2v) is 3.40. The van der Waals surface area contributed by atoms with Crippen molar-refractivity contribution in [1.82, 2.24) is 0 Å². The van der Waals surface area contributed by atoms with Gasteiger partial charge < -0.3 is 10.5 Å². The minimum atomic E-state index is -1.26. The fourth-order valence-electron chi connectivity index (χ4n) is 1.13. The van der Waals surface area contributed by atoms with E-state index in [1.807, 2.05) is 0 Å². The molecule has 0 bridgehead atoms. The van der Waals surface area contributed by atoms with Gasteiger partial charge in [0.1, 0.15) is 5.54 Å². The number of carbonyl (C=O) groups is 2. The minimum Gasteiger partial charge on any atom is -0.392 e. The van der Waals surface area contributed by atoms with Gasteiger partial charge in [0.15, 0.2) is 0 Å². The largest absolute Gasteiger partial charge is 0.392 e. The second-order valence-electron chi connectivity index (χ2n) is 3.40. The molecule has 0 amide bonds. The van der Waals surface area contributed by atoms with Crippen molar-refractivity contribution in [3.05, 3.63) is 38.0 Å². The van der Waals surface area contributed by atoms with Gasteiger partial charge in [0.25, 0.3) is 0 Å². The SMILES string of the molecule is C=CCC(=O)OC(=O)C(N)(CC=C)CC=C. The Kier molecular flexibility index (Phi) is 6.03. The predicted molar refractivity (Wildman–Crippen MR) is 62.5 cm³/mol. The Hall–Kier alpha value is -1.68. The lowest BCUT2D eigenvalue weighted by Crippen LogP contribution is -2.48. The van der Waals surface area contributed by atoms with Gasteiger partial charge in [-0.2, -0.15) is 0 Å². The van der Waals surface area contributed by atoms with Gasteiger partial charge in [-0.05, 0) is 12.8 Å². The smallest absolute Gasteiger partial charge is 0.334 e. The van der Waals surface area contributed by atoms with Crippen LogP contribution in [0.2, 0.25) is 0 Å². The zero-order chi connectivity index (χ0) is 12.6. The Morgan fingerprint density at radius 1 is 1.12 bits per heavy atom. The van der Waals surface area contributed by atoms with Crippen LogP contribution in [0.3, 0.4) is 0 Å². The standard InChI is InChI=1S/C12H17NO3/c1-4-7-10(14)16-11(15)12(13,8-5-2)9-6-3/h4-6H,1-3,7-9,13H2. The van der Waals surface area contributed by atoms with Gasteiger partial charge in [-0.3, -0.25) is 4.79 Å². The molecule has 0 unspecified atom stereocenters. The van der Waals surface area contributed by atoms with E-state index >= 15 is 0 Å². The maximum Gasteiger partial charge on any atom is 0.334 e. The first-order valence-electron chi connectivity index (χ1n) is 4.87. The Labute approximate surface area is 95.5 Å². The summed E-state index contributed by atoms with van der Waals surface area (Å²) in [6, 6.07) is 0. The summed E-state index contributed by atoms with van der Waals surface area (Å²) >= 11 is 0. The summed E-state index contributed by atoms with van der Waals surface area (Å²) < 4.78 is 4.59. The molecule has 0 atom stereocenters. The third-order valence-electron chi connectivity index (χ3n) is 1.94. The van der Waals surface area contributed by atoms with E-state index in [-0.39, 0.29) is 19.3 Å². The number of nitrogens with two attached hydrogens (primary N) is 1. The zero-order valence-electron chi connectivity index (χ0n) is 9.28. The van der Waals surface area contributed by atoms with Crippen LogP contribution in [0.4, 0.5) is 0 Å². The average molecular weight is 223 g/mol. The molecule has 0 aromatic carbocycles. The highest BCUT2D eigenvalue weighted by molar-refractivity contribution is 5.91. The molecule has 0 aliphatic heterocycles. The zero-order valence-corrected chi connectivity index (χ0v) is 9.28. The lowest BCUT2D eigenvalue weighted by Gasteiger charge is -2.23. The molecule has 0 saturated carbocycles. The first kappa shape index (κ1) is 14.3. The summed E-state index contributed by atoms with van der Waals surface area (Å²) in [4.78, 5) is 22.7. The van der Waals surface area contributed by atoms with E-state index in [0.717, 1.165) is 0 Å². The molecule has 0 spiro atoms. The average Bonchev–Trinajstić information content (AvgIpc) is 2.18. The molecule has 0 aromatic rings. The summed E-state index contributed by atoms with van der Waals surface area (Å²) in [5.41, 5.74) is 4.55. The molecule has 0 fully saturated rings. The number of hydrogen-bond donors (Lipinski definition) is 1. The van der Waals surface area contributed by atoms with E-state index < -0.39 is 17.5 Å². The maximum absolute atomic E-state index is 11.6. The molecule has 88 valence electrons. The van der Waals surface area contributed by atoms with Crippen molar-refractivity contribution >= 4 is 11.9 Å². The Balaban J connectivity index is 4.60. The van der Waals surface area contributed by atoms with Gasteiger partial charge >= 0.3 is 11.9 Å². The maximum atomic E-state index is 11.6. The summed E-state index contributed by atoms with van der Waals surface area (Å²) in [6.45, 7) is 10.4. The van der Waals surface area contributed by atoms with E-state index in [0.29, 0.717) is 0 Å². The third kappa shape index (κ3) is 4.23. The van der Waals surface area contributed by atoms with E-state index in [1.54, 1.807) is 0 Å². The number of esters is 2. The van der Waals surface area contributed by atoms with Crippen molar-refractivity contribution in [2.75, 3.05) is 0 Å². The Morgan fingerprint density at radius 3 is 2.00 bits per heavy atom. The topological polar surface area (TPSA) is 69.4 Å². The van der Waals surface area contributed by atoms with Gasteiger partial charge in [0.2, 0.25) is 0 Å². The second kappa shape index (κ2) is 6.74. The van der Waals surface area contributed by atoms with Crippen molar-refractivity contribution in [1.29, 1.82) is 0 Å². The summed E-state index contributed by atoms with van der Waals surface area (Å²) in [6.07, 6.45) is 4.78. The Bertz CT molecular complexity index is 297. The quantitative estimate of drug-likeness (QED) is 0.403. The molecule has 4 nitrogen and oxygen atoms in total. The molecule has 0 heterocycles. The number of ether oxygens (including phenoxy) is 1. The van der Waals surface area contributed by atoms with Crippen molar-refractivity contribution in [2.45, 2.75) is 24.8 Å². The molecular weight excluding hydrogens is 206 g/mol. The van der Waals surface area contributed by atoms with Crippen molar-refractivity contribution < 1.29 is 14.3 Å². The van der Waals surface area contributed by atoms with Gasteiger partial charge in [-0.15, -0.1) is 19.7 Å².